The summed E-state index contributed by atoms with van der Waals surface area (Å²) in [6.07, 6.45) is 5.93. The van der Waals surface area contributed by atoms with Crippen molar-refractivity contribution in [1.82, 2.24) is 15.0 Å². The smallest absolute Gasteiger partial charge is 0.319 e. The molecule has 2 atom stereocenters. The zero-order chi connectivity index (χ0) is 19.0. The van der Waals surface area contributed by atoms with Crippen molar-refractivity contribution in [2.75, 3.05) is 31.9 Å². The molecule has 9 nitrogen and oxygen atoms in total. The molecule has 10 heteroatoms. The third kappa shape index (κ3) is 7.14. The van der Waals surface area contributed by atoms with Gasteiger partial charge in [0, 0.05) is 25.3 Å². The van der Waals surface area contributed by atoms with Gasteiger partial charge in [-0.3, -0.25) is 0 Å². The maximum absolute atomic E-state index is 12.2. The van der Waals surface area contributed by atoms with Crippen molar-refractivity contribution < 1.29 is 22.7 Å². The van der Waals surface area contributed by atoms with E-state index < -0.39 is 16.1 Å². The highest BCUT2D eigenvalue weighted by atomic mass is 32.2. The topological polar surface area (TPSA) is 119 Å². The minimum absolute atomic E-state index is 0.247. The second-order valence-corrected chi connectivity index (χ2v) is 7.99. The van der Waals surface area contributed by atoms with E-state index in [0.29, 0.717) is 31.2 Å². The molecule has 1 aromatic heterocycles. The van der Waals surface area contributed by atoms with Gasteiger partial charge in [-0.25, -0.2) is 22.9 Å². The fourth-order valence-corrected chi connectivity index (χ4v) is 3.66. The Morgan fingerprint density at radius 1 is 1.23 bits per heavy atom. The van der Waals surface area contributed by atoms with Gasteiger partial charge in [0.25, 0.3) is 0 Å². The highest BCUT2D eigenvalue weighted by molar-refractivity contribution is 7.88. The number of amides is 2. The van der Waals surface area contributed by atoms with Crippen LogP contribution in [0.1, 0.15) is 25.7 Å². The van der Waals surface area contributed by atoms with Gasteiger partial charge in [0.2, 0.25) is 15.9 Å². The predicted octanol–water partition coefficient (Wildman–Crippen LogP) is 1.09. The van der Waals surface area contributed by atoms with Gasteiger partial charge < -0.3 is 20.1 Å². The molecule has 146 valence electrons. The van der Waals surface area contributed by atoms with Gasteiger partial charge in [-0.05, 0) is 18.9 Å². The summed E-state index contributed by atoms with van der Waals surface area (Å²) >= 11 is 0. The number of hydrogen-bond acceptors (Lipinski definition) is 6. The number of carbonyl (C=O) groups is 1. The molecule has 0 aromatic carbocycles. The number of rotatable bonds is 8. The molecule has 2 amide bonds. The van der Waals surface area contributed by atoms with Gasteiger partial charge in [0.05, 0.1) is 24.7 Å². The fraction of sp³-hybridized carbons (Fsp3) is 0.625. The zero-order valence-corrected chi connectivity index (χ0v) is 15.8. The number of pyridine rings is 1. The molecule has 1 aliphatic carbocycles. The first-order chi connectivity index (χ1) is 12.4. The van der Waals surface area contributed by atoms with Crippen LogP contribution in [0.15, 0.2) is 18.3 Å². The van der Waals surface area contributed by atoms with Gasteiger partial charge in [0.15, 0.2) is 0 Å². The largest absolute Gasteiger partial charge is 0.475 e. The van der Waals surface area contributed by atoms with Crippen LogP contribution in [-0.2, 0) is 14.8 Å². The molecule has 0 aliphatic heterocycles. The summed E-state index contributed by atoms with van der Waals surface area (Å²) in [7, 11) is -1.73. The fourth-order valence-electron chi connectivity index (χ4n) is 2.82. The molecular formula is C16H26N4O5S. The molecule has 1 saturated carbocycles. The van der Waals surface area contributed by atoms with Crippen molar-refractivity contribution in [1.29, 1.82) is 0 Å². The minimum Gasteiger partial charge on any atom is -0.475 e. The molecular weight excluding hydrogens is 360 g/mol. The van der Waals surface area contributed by atoms with Gasteiger partial charge in [-0.2, -0.15) is 0 Å². The molecule has 0 bridgehead atoms. The first-order valence-corrected chi connectivity index (χ1v) is 10.4. The van der Waals surface area contributed by atoms with Crippen LogP contribution in [0.3, 0.4) is 0 Å². The van der Waals surface area contributed by atoms with E-state index in [0.717, 1.165) is 25.5 Å². The van der Waals surface area contributed by atoms with Gasteiger partial charge >= 0.3 is 6.03 Å². The third-order valence-electron chi connectivity index (χ3n) is 3.98. The van der Waals surface area contributed by atoms with Gasteiger partial charge in [-0.1, -0.05) is 12.8 Å². The molecule has 1 aromatic rings. The molecule has 1 heterocycles. The third-order valence-corrected chi connectivity index (χ3v) is 4.71. The molecule has 1 aliphatic rings. The Kier molecular flexibility index (Phi) is 7.61. The first kappa shape index (κ1) is 20.4. The summed E-state index contributed by atoms with van der Waals surface area (Å²) in [6, 6.07) is 2.40. The number of urea groups is 1. The van der Waals surface area contributed by atoms with Crippen molar-refractivity contribution >= 4 is 21.7 Å². The number of nitrogens with one attached hydrogen (secondary N) is 3. The summed E-state index contributed by atoms with van der Waals surface area (Å²) < 4.78 is 35.8. The lowest BCUT2D eigenvalue weighted by Gasteiger charge is -2.32. The van der Waals surface area contributed by atoms with Crippen molar-refractivity contribution in [3.05, 3.63) is 18.3 Å². The van der Waals surface area contributed by atoms with Crippen LogP contribution in [0, 0.1) is 0 Å². The minimum atomic E-state index is -3.32. The standard InChI is InChI=1S/C16H26N4O5S/c1-24-9-10-25-15-8-7-12(11-17-15)18-16(21)19-13-5-3-4-6-14(13)20-26(2,22)23/h7-8,11,13-14,20H,3-6,9-10H2,1-2H3,(H2,18,19,21)/t13-,14+/m1/s1. The Morgan fingerprint density at radius 2 is 1.96 bits per heavy atom. The van der Waals surface area contributed by atoms with Crippen LogP contribution < -0.4 is 20.1 Å². The van der Waals surface area contributed by atoms with E-state index in [9.17, 15) is 13.2 Å². The maximum atomic E-state index is 12.2. The van der Waals surface area contributed by atoms with Crippen molar-refractivity contribution in [3.8, 4) is 5.88 Å². The van der Waals surface area contributed by atoms with Crippen LogP contribution in [0.2, 0.25) is 0 Å². The number of sulfonamides is 1. The first-order valence-electron chi connectivity index (χ1n) is 8.50. The van der Waals surface area contributed by atoms with Gasteiger partial charge in [-0.15, -0.1) is 0 Å². The summed E-state index contributed by atoms with van der Waals surface area (Å²) in [5.41, 5.74) is 0.519. The zero-order valence-electron chi connectivity index (χ0n) is 15.0. The second kappa shape index (κ2) is 9.70. The lowest BCUT2D eigenvalue weighted by atomic mass is 9.91. The monoisotopic (exact) mass is 386 g/mol. The summed E-state index contributed by atoms with van der Waals surface area (Å²) in [6.45, 7) is 0.862. The molecule has 26 heavy (non-hydrogen) atoms. The Hall–Kier alpha value is -1.91. The van der Waals surface area contributed by atoms with Crippen molar-refractivity contribution in [2.24, 2.45) is 0 Å². The normalized spacial score (nSPS) is 20.4. The van der Waals surface area contributed by atoms with E-state index in [1.165, 1.54) is 6.20 Å². The van der Waals surface area contributed by atoms with Crippen LogP contribution in [0.5, 0.6) is 5.88 Å². The Morgan fingerprint density at radius 3 is 2.58 bits per heavy atom. The number of nitrogens with zero attached hydrogens (tertiary/aromatic N) is 1. The SMILES string of the molecule is COCCOc1ccc(NC(=O)N[C@@H]2CCCC[C@@H]2NS(C)(=O)=O)cn1. The molecule has 1 fully saturated rings. The molecule has 0 spiro atoms. The van der Waals surface area contributed by atoms with Crippen LogP contribution in [0.4, 0.5) is 10.5 Å². The Bertz CT molecular complexity index is 680. The van der Waals surface area contributed by atoms with Crippen LogP contribution in [-0.4, -0.2) is 58.1 Å². The average Bonchev–Trinajstić information content (AvgIpc) is 2.57. The second-order valence-electron chi connectivity index (χ2n) is 6.21. The molecule has 0 saturated heterocycles. The Labute approximate surface area is 153 Å². The number of carbonyl (C=O) groups excluding carboxylic acids is 1. The van der Waals surface area contributed by atoms with Crippen LogP contribution >= 0.6 is 0 Å². The van der Waals surface area contributed by atoms with Crippen LogP contribution in [0.25, 0.3) is 0 Å². The highest BCUT2D eigenvalue weighted by Gasteiger charge is 2.28. The quantitative estimate of drug-likeness (QED) is 0.576. The molecule has 2 rings (SSSR count). The average molecular weight is 386 g/mol. The number of hydrogen-bond donors (Lipinski definition) is 3. The molecule has 0 radical (unpaired) electrons. The summed E-state index contributed by atoms with van der Waals surface area (Å²) in [4.78, 5) is 16.3. The molecule has 3 N–H and O–H groups in total. The Balaban J connectivity index is 1.86. The lowest BCUT2D eigenvalue weighted by Crippen LogP contribution is -2.53. The van der Waals surface area contributed by atoms with E-state index in [1.807, 2.05) is 0 Å². The van der Waals surface area contributed by atoms with E-state index >= 15 is 0 Å². The van der Waals surface area contributed by atoms with E-state index in [1.54, 1.807) is 19.2 Å². The molecule has 0 unspecified atom stereocenters. The number of ether oxygens (including phenoxy) is 2. The van der Waals surface area contributed by atoms with Crippen molar-refractivity contribution in [3.63, 3.8) is 0 Å². The predicted molar refractivity (Wildman–Crippen MR) is 97.8 cm³/mol. The number of aromatic nitrogens is 1. The van der Waals surface area contributed by atoms with E-state index in [-0.39, 0.29) is 12.1 Å². The lowest BCUT2D eigenvalue weighted by molar-refractivity contribution is 0.144. The van der Waals surface area contributed by atoms with Crippen molar-refractivity contribution in [2.45, 2.75) is 37.8 Å². The number of methoxy groups -OCH3 is 1. The summed E-state index contributed by atoms with van der Waals surface area (Å²) in [5, 5.41) is 5.54. The number of anilines is 1. The van der Waals surface area contributed by atoms with E-state index in [4.69, 9.17) is 9.47 Å². The van der Waals surface area contributed by atoms with E-state index in [2.05, 4.69) is 20.3 Å². The van der Waals surface area contributed by atoms with Gasteiger partial charge in [0.1, 0.15) is 6.61 Å². The maximum Gasteiger partial charge on any atom is 0.319 e. The highest BCUT2D eigenvalue weighted by Crippen LogP contribution is 2.19. The summed E-state index contributed by atoms with van der Waals surface area (Å²) in [5.74, 6) is 0.442.